The fourth-order valence-corrected chi connectivity index (χ4v) is 4.88. The molecule has 1 saturated carbocycles. The monoisotopic (exact) mass is 409 g/mol. The molecule has 1 amide bonds. The highest BCUT2D eigenvalue weighted by Crippen LogP contribution is 2.35. The van der Waals surface area contributed by atoms with E-state index >= 15 is 0 Å². The Hall–Kier alpha value is -2.32. The van der Waals surface area contributed by atoms with Crippen LogP contribution in [-0.2, 0) is 17.8 Å². The smallest absolute Gasteiger partial charge is 0.224 e. The molecule has 0 aromatic carbocycles. The van der Waals surface area contributed by atoms with E-state index in [0.717, 1.165) is 43.1 Å². The molecule has 30 heavy (non-hydrogen) atoms. The molecular weight excluding hydrogens is 378 g/mol. The summed E-state index contributed by atoms with van der Waals surface area (Å²) in [4.78, 5) is 26.5. The fraction of sp³-hybridized carbons (Fsp3) is 0.636. The minimum Gasteiger partial charge on any atom is -0.340 e. The molecule has 2 N–H and O–H groups in total. The Labute approximate surface area is 177 Å². The predicted octanol–water partition coefficient (Wildman–Crippen LogP) is 1.32. The summed E-state index contributed by atoms with van der Waals surface area (Å²) < 4.78 is 1.95. The molecule has 2 fully saturated rings. The molecule has 0 unspecified atom stereocenters. The van der Waals surface area contributed by atoms with Crippen molar-refractivity contribution >= 4 is 5.91 Å². The summed E-state index contributed by atoms with van der Waals surface area (Å²) in [5.74, 6) is 2.75. The highest BCUT2D eigenvalue weighted by molar-refractivity contribution is 5.77. The van der Waals surface area contributed by atoms with Crippen molar-refractivity contribution in [2.24, 2.45) is 11.7 Å². The van der Waals surface area contributed by atoms with Crippen LogP contribution in [0.5, 0.6) is 0 Å². The van der Waals surface area contributed by atoms with Gasteiger partial charge in [-0.25, -0.2) is 9.67 Å². The van der Waals surface area contributed by atoms with E-state index in [4.69, 9.17) is 10.7 Å². The number of amides is 1. The van der Waals surface area contributed by atoms with Crippen molar-refractivity contribution in [2.75, 3.05) is 26.2 Å². The number of pyridine rings is 1. The molecule has 0 spiro atoms. The third-order valence-electron chi connectivity index (χ3n) is 6.83. The van der Waals surface area contributed by atoms with E-state index in [0.29, 0.717) is 50.5 Å². The van der Waals surface area contributed by atoms with Gasteiger partial charge < -0.3 is 10.6 Å². The lowest BCUT2D eigenvalue weighted by atomic mass is 10.1. The highest BCUT2D eigenvalue weighted by Gasteiger charge is 2.38. The third kappa shape index (κ3) is 4.11. The van der Waals surface area contributed by atoms with Gasteiger partial charge in [-0.3, -0.25) is 14.7 Å². The number of carbonyl (C=O) groups excluding carboxylic acids is 1. The zero-order chi connectivity index (χ0) is 20.5. The van der Waals surface area contributed by atoms with Gasteiger partial charge in [0.2, 0.25) is 5.91 Å². The highest BCUT2D eigenvalue weighted by atomic mass is 16.2. The molecule has 5 rings (SSSR count). The number of fused-ring (bicyclic) bond motifs is 1. The van der Waals surface area contributed by atoms with Crippen LogP contribution in [0, 0.1) is 5.92 Å². The number of nitrogens with two attached hydrogens (primary N) is 1. The first-order valence-corrected chi connectivity index (χ1v) is 11.3. The number of carbonyl (C=O) groups is 1. The van der Waals surface area contributed by atoms with E-state index in [-0.39, 0.29) is 5.91 Å². The first-order valence-electron chi connectivity index (χ1n) is 11.3. The number of aromatic nitrogens is 4. The van der Waals surface area contributed by atoms with Crippen LogP contribution in [0.1, 0.15) is 37.9 Å². The van der Waals surface area contributed by atoms with E-state index in [1.807, 2.05) is 21.7 Å². The van der Waals surface area contributed by atoms with Gasteiger partial charge in [-0.05, 0) is 43.7 Å². The predicted molar refractivity (Wildman–Crippen MR) is 113 cm³/mol. The van der Waals surface area contributed by atoms with Gasteiger partial charge in [-0.2, -0.15) is 5.10 Å². The normalized spacial score (nSPS) is 24.6. The summed E-state index contributed by atoms with van der Waals surface area (Å²) in [5.41, 5.74) is 6.94. The second kappa shape index (κ2) is 8.43. The van der Waals surface area contributed by atoms with Gasteiger partial charge in [0.05, 0.1) is 6.54 Å². The van der Waals surface area contributed by atoms with E-state index in [9.17, 15) is 4.79 Å². The fourth-order valence-electron chi connectivity index (χ4n) is 4.88. The van der Waals surface area contributed by atoms with Crippen molar-refractivity contribution in [2.45, 2.75) is 57.2 Å². The molecule has 2 aromatic heterocycles. The lowest BCUT2D eigenvalue weighted by Crippen LogP contribution is -2.44. The van der Waals surface area contributed by atoms with Crippen LogP contribution in [0.25, 0.3) is 11.4 Å². The first-order chi connectivity index (χ1) is 14.7. The average Bonchev–Trinajstić information content (AvgIpc) is 3.44. The van der Waals surface area contributed by atoms with Crippen LogP contribution in [0.15, 0.2) is 24.5 Å². The molecule has 2 aromatic rings. The molecule has 160 valence electrons. The van der Waals surface area contributed by atoms with Crippen molar-refractivity contribution in [3.8, 4) is 11.4 Å². The molecule has 0 bridgehead atoms. The largest absolute Gasteiger partial charge is 0.340 e. The molecule has 1 saturated heterocycles. The lowest BCUT2D eigenvalue weighted by molar-refractivity contribution is -0.132. The Morgan fingerprint density at radius 1 is 1.13 bits per heavy atom. The lowest BCUT2D eigenvalue weighted by Gasteiger charge is -2.31. The summed E-state index contributed by atoms with van der Waals surface area (Å²) >= 11 is 0. The van der Waals surface area contributed by atoms with E-state index < -0.39 is 0 Å². The summed E-state index contributed by atoms with van der Waals surface area (Å²) in [6.45, 7) is 3.91. The third-order valence-corrected chi connectivity index (χ3v) is 6.83. The Bertz CT molecular complexity index is 853. The summed E-state index contributed by atoms with van der Waals surface area (Å²) in [6.07, 6.45) is 9.76. The van der Waals surface area contributed by atoms with Gasteiger partial charge in [-0.1, -0.05) is 0 Å². The maximum atomic E-state index is 13.1. The van der Waals surface area contributed by atoms with Crippen LogP contribution in [-0.4, -0.2) is 73.7 Å². The van der Waals surface area contributed by atoms with Gasteiger partial charge in [0.25, 0.3) is 0 Å². The Morgan fingerprint density at radius 2 is 2.00 bits per heavy atom. The summed E-state index contributed by atoms with van der Waals surface area (Å²) in [5, 5.41) is 4.66. The number of rotatable bonds is 6. The summed E-state index contributed by atoms with van der Waals surface area (Å²) in [7, 11) is 0. The average molecular weight is 410 g/mol. The second-order valence-electron chi connectivity index (χ2n) is 8.91. The molecule has 8 heteroatoms. The van der Waals surface area contributed by atoms with E-state index in [2.05, 4.69) is 15.0 Å². The van der Waals surface area contributed by atoms with Gasteiger partial charge >= 0.3 is 0 Å². The molecule has 4 heterocycles. The van der Waals surface area contributed by atoms with Gasteiger partial charge in [-0.15, -0.1) is 0 Å². The molecule has 2 atom stereocenters. The molecule has 2 aliphatic heterocycles. The van der Waals surface area contributed by atoms with Crippen molar-refractivity contribution < 1.29 is 4.79 Å². The molecule has 1 aliphatic carbocycles. The Morgan fingerprint density at radius 3 is 2.77 bits per heavy atom. The minimum absolute atomic E-state index is 0.261. The molecule has 8 nitrogen and oxygen atoms in total. The zero-order valence-electron chi connectivity index (χ0n) is 17.5. The Balaban J connectivity index is 1.20. The number of hydrogen-bond acceptors (Lipinski definition) is 6. The SMILES string of the molecule is NC[C@H]1CC[C@@H](CC(=O)N2CCc3nc(-c4cccnc4)nn3CC2)N1CC1CC1. The maximum absolute atomic E-state index is 13.1. The molecule has 3 aliphatic rings. The number of hydrogen-bond donors (Lipinski definition) is 1. The van der Waals surface area contributed by atoms with E-state index in [1.54, 1.807) is 12.4 Å². The zero-order valence-corrected chi connectivity index (χ0v) is 17.5. The quantitative estimate of drug-likeness (QED) is 0.773. The van der Waals surface area contributed by atoms with E-state index in [1.165, 1.54) is 12.8 Å². The van der Waals surface area contributed by atoms with Crippen LogP contribution < -0.4 is 5.73 Å². The minimum atomic E-state index is 0.261. The van der Waals surface area contributed by atoms with Crippen molar-refractivity contribution in [3.05, 3.63) is 30.4 Å². The maximum Gasteiger partial charge on any atom is 0.224 e. The first kappa shape index (κ1) is 19.6. The Kier molecular flexibility index (Phi) is 5.52. The van der Waals surface area contributed by atoms with Crippen molar-refractivity contribution in [1.29, 1.82) is 0 Å². The molecule has 0 radical (unpaired) electrons. The van der Waals surface area contributed by atoms with Gasteiger partial charge in [0, 0.05) is 69.1 Å². The topological polar surface area (TPSA) is 93.2 Å². The second-order valence-corrected chi connectivity index (χ2v) is 8.91. The summed E-state index contributed by atoms with van der Waals surface area (Å²) in [6, 6.07) is 4.67. The van der Waals surface area contributed by atoms with Gasteiger partial charge in [0.1, 0.15) is 5.82 Å². The van der Waals surface area contributed by atoms with Crippen LogP contribution in [0.4, 0.5) is 0 Å². The number of likely N-dealkylation sites (tertiary alicyclic amines) is 1. The number of nitrogens with zero attached hydrogens (tertiary/aromatic N) is 6. The molecular formula is C22H31N7O. The van der Waals surface area contributed by atoms with Crippen LogP contribution in [0.2, 0.25) is 0 Å². The van der Waals surface area contributed by atoms with Crippen molar-refractivity contribution in [3.63, 3.8) is 0 Å². The van der Waals surface area contributed by atoms with Crippen molar-refractivity contribution in [1.82, 2.24) is 29.5 Å². The van der Waals surface area contributed by atoms with Gasteiger partial charge in [0.15, 0.2) is 5.82 Å². The standard InChI is InChI=1S/C22H31N7O/c23-13-19-6-5-18(28(19)15-16-3-4-16)12-21(30)27-9-7-20-25-22(26-29(20)11-10-27)17-2-1-8-24-14-17/h1-2,8,14,16,18-19H,3-7,9-13,15,23H2/t18-,19+/m0/s1. The van der Waals surface area contributed by atoms with Crippen LogP contribution >= 0.6 is 0 Å². The van der Waals surface area contributed by atoms with Crippen LogP contribution in [0.3, 0.4) is 0 Å².